The number of esters is 1. The number of hydrogen-bond acceptors (Lipinski definition) is 3. The fraction of sp³-hybridized carbons (Fsp3) is 0.278. The minimum Gasteiger partial charge on any atom is -0.482 e. The first-order valence-corrected chi connectivity index (χ1v) is 8.12. The Hall–Kier alpha value is -1.81. The molecular weight excluding hydrogens is 344 g/mol. The quantitative estimate of drug-likeness (QED) is 0.558. The number of carbonyl (C=O) groups is 1. The molecule has 0 fully saturated rings. The van der Waals surface area contributed by atoms with E-state index in [1.54, 1.807) is 6.07 Å². The molecule has 0 saturated carbocycles. The second-order valence-electron chi connectivity index (χ2n) is 4.88. The van der Waals surface area contributed by atoms with Crippen molar-refractivity contribution in [3.05, 3.63) is 58.1 Å². The summed E-state index contributed by atoms with van der Waals surface area (Å²) in [5, 5.41) is 0. The summed E-state index contributed by atoms with van der Waals surface area (Å²) in [5.74, 6) is 0.742. The molecule has 0 bridgehead atoms. The van der Waals surface area contributed by atoms with Crippen LogP contribution >= 0.6 is 15.9 Å². The molecule has 2 aromatic rings. The Bertz CT molecular complexity index is 635. The summed E-state index contributed by atoms with van der Waals surface area (Å²) in [6, 6.07) is 13.4. The zero-order chi connectivity index (χ0) is 15.9. The molecule has 4 heteroatoms. The number of benzene rings is 2. The van der Waals surface area contributed by atoms with Gasteiger partial charge in [-0.2, -0.15) is 0 Å². The molecule has 0 atom stereocenters. The topological polar surface area (TPSA) is 35.5 Å². The van der Waals surface area contributed by atoms with Gasteiger partial charge in [-0.25, -0.2) is 4.79 Å². The maximum Gasteiger partial charge on any atom is 0.349 e. The van der Waals surface area contributed by atoms with Crippen molar-refractivity contribution in [3.63, 3.8) is 0 Å². The Morgan fingerprint density at radius 3 is 2.23 bits per heavy atom. The molecule has 116 valence electrons. The molecule has 0 spiro atoms. The molecule has 0 radical (unpaired) electrons. The van der Waals surface area contributed by atoms with Crippen LogP contribution in [-0.2, 0) is 17.6 Å². The van der Waals surface area contributed by atoms with E-state index < -0.39 is 5.97 Å². The Labute approximate surface area is 139 Å². The van der Waals surface area contributed by atoms with Crippen LogP contribution in [0.15, 0.2) is 46.9 Å². The molecule has 0 unspecified atom stereocenters. The molecule has 0 aliphatic heterocycles. The van der Waals surface area contributed by atoms with Crippen molar-refractivity contribution in [2.24, 2.45) is 0 Å². The smallest absolute Gasteiger partial charge is 0.349 e. The maximum absolute atomic E-state index is 11.8. The van der Waals surface area contributed by atoms with E-state index in [4.69, 9.17) is 9.47 Å². The van der Waals surface area contributed by atoms with E-state index in [1.165, 1.54) is 11.1 Å². The van der Waals surface area contributed by atoms with Gasteiger partial charge >= 0.3 is 5.97 Å². The van der Waals surface area contributed by atoms with E-state index in [1.807, 2.05) is 36.4 Å². The number of hydrogen-bond donors (Lipinski definition) is 0. The van der Waals surface area contributed by atoms with Crippen molar-refractivity contribution in [3.8, 4) is 11.5 Å². The summed E-state index contributed by atoms with van der Waals surface area (Å²) in [6.07, 6.45) is 1.91. The first-order chi connectivity index (χ1) is 10.6. The van der Waals surface area contributed by atoms with E-state index in [0.29, 0.717) is 11.5 Å². The van der Waals surface area contributed by atoms with E-state index in [0.717, 1.165) is 17.3 Å². The van der Waals surface area contributed by atoms with Crippen molar-refractivity contribution < 1.29 is 14.3 Å². The highest BCUT2D eigenvalue weighted by Gasteiger charge is 2.09. The minimum atomic E-state index is -0.426. The first-order valence-electron chi connectivity index (χ1n) is 7.33. The molecule has 0 aromatic heterocycles. The molecule has 0 aliphatic rings. The second-order valence-corrected chi connectivity index (χ2v) is 5.73. The molecule has 0 aliphatic carbocycles. The second kappa shape index (κ2) is 7.99. The Balaban J connectivity index is 1.89. The third-order valence-corrected chi connectivity index (χ3v) is 3.94. The predicted molar refractivity (Wildman–Crippen MR) is 90.5 cm³/mol. The van der Waals surface area contributed by atoms with Gasteiger partial charge < -0.3 is 9.47 Å². The van der Waals surface area contributed by atoms with Crippen LogP contribution in [0, 0.1) is 0 Å². The van der Waals surface area contributed by atoms with Crippen molar-refractivity contribution in [2.45, 2.75) is 26.7 Å². The Morgan fingerprint density at radius 2 is 1.64 bits per heavy atom. The molecular formula is C18H19BrO3. The predicted octanol–water partition coefficient (Wildman–Crippen LogP) is 4.56. The molecule has 0 N–H and O–H groups in total. The van der Waals surface area contributed by atoms with Crippen molar-refractivity contribution in [1.82, 2.24) is 0 Å². The molecule has 22 heavy (non-hydrogen) atoms. The van der Waals surface area contributed by atoms with E-state index in [9.17, 15) is 4.79 Å². The van der Waals surface area contributed by atoms with Gasteiger partial charge in [-0.15, -0.1) is 0 Å². The average Bonchev–Trinajstić information content (AvgIpc) is 2.55. The standard InChI is InChI=1S/C18H19BrO3/c1-3-13-5-8-15(9-6-13)21-12-18(20)22-17-10-7-14(4-2)11-16(17)19/h5-11H,3-4,12H2,1-2H3. The van der Waals surface area contributed by atoms with Crippen LogP contribution in [0.25, 0.3) is 0 Å². The number of aryl methyl sites for hydroxylation is 2. The van der Waals surface area contributed by atoms with Crippen LogP contribution in [0.3, 0.4) is 0 Å². The van der Waals surface area contributed by atoms with Gasteiger partial charge in [0.15, 0.2) is 6.61 Å². The average molecular weight is 363 g/mol. The molecule has 2 aromatic carbocycles. The lowest BCUT2D eigenvalue weighted by Gasteiger charge is -2.09. The van der Waals surface area contributed by atoms with Gasteiger partial charge in [0.1, 0.15) is 11.5 Å². The van der Waals surface area contributed by atoms with Gasteiger partial charge in [0.25, 0.3) is 0 Å². The maximum atomic E-state index is 11.8. The van der Waals surface area contributed by atoms with Crippen LogP contribution < -0.4 is 9.47 Å². The number of halogens is 1. The zero-order valence-corrected chi connectivity index (χ0v) is 14.4. The summed E-state index contributed by atoms with van der Waals surface area (Å²) in [6.45, 7) is 4.05. The number of rotatable bonds is 6. The number of carbonyl (C=O) groups excluding carboxylic acids is 1. The number of ether oxygens (including phenoxy) is 2. The van der Waals surface area contributed by atoms with Gasteiger partial charge in [-0.1, -0.05) is 32.0 Å². The molecule has 0 heterocycles. The van der Waals surface area contributed by atoms with Crippen LogP contribution in [0.1, 0.15) is 25.0 Å². The van der Waals surface area contributed by atoms with Crippen LogP contribution in [0.4, 0.5) is 0 Å². The fourth-order valence-electron chi connectivity index (χ4n) is 1.96. The lowest BCUT2D eigenvalue weighted by atomic mass is 10.2. The zero-order valence-electron chi connectivity index (χ0n) is 12.8. The molecule has 2 rings (SSSR count). The SMILES string of the molecule is CCc1ccc(OCC(=O)Oc2ccc(CC)cc2Br)cc1. The lowest BCUT2D eigenvalue weighted by Crippen LogP contribution is -2.17. The third-order valence-electron chi connectivity index (χ3n) is 3.32. The van der Waals surface area contributed by atoms with E-state index in [2.05, 4.69) is 29.8 Å². The summed E-state index contributed by atoms with van der Waals surface area (Å²) >= 11 is 3.41. The molecule has 0 amide bonds. The lowest BCUT2D eigenvalue weighted by molar-refractivity contribution is -0.136. The summed E-state index contributed by atoms with van der Waals surface area (Å²) in [7, 11) is 0. The van der Waals surface area contributed by atoms with Gasteiger partial charge in [-0.05, 0) is 64.2 Å². The first kappa shape index (κ1) is 16.6. The van der Waals surface area contributed by atoms with Crippen molar-refractivity contribution in [1.29, 1.82) is 0 Å². The highest BCUT2D eigenvalue weighted by molar-refractivity contribution is 9.10. The highest BCUT2D eigenvalue weighted by Crippen LogP contribution is 2.26. The summed E-state index contributed by atoms with van der Waals surface area (Å²) < 4.78 is 11.5. The Morgan fingerprint density at radius 1 is 1.00 bits per heavy atom. The van der Waals surface area contributed by atoms with Crippen LogP contribution in [0.2, 0.25) is 0 Å². The molecule has 3 nitrogen and oxygen atoms in total. The van der Waals surface area contributed by atoms with Gasteiger partial charge in [0.2, 0.25) is 0 Å². The van der Waals surface area contributed by atoms with Gasteiger partial charge in [-0.3, -0.25) is 0 Å². The summed E-state index contributed by atoms with van der Waals surface area (Å²) in [5.41, 5.74) is 2.41. The minimum absolute atomic E-state index is 0.118. The fourth-order valence-corrected chi connectivity index (χ4v) is 2.47. The van der Waals surface area contributed by atoms with Gasteiger partial charge in [0.05, 0.1) is 4.47 Å². The monoisotopic (exact) mass is 362 g/mol. The highest BCUT2D eigenvalue weighted by atomic mass is 79.9. The van der Waals surface area contributed by atoms with E-state index in [-0.39, 0.29) is 6.61 Å². The normalized spacial score (nSPS) is 10.3. The van der Waals surface area contributed by atoms with E-state index >= 15 is 0 Å². The Kier molecular flexibility index (Phi) is 6.01. The third kappa shape index (κ3) is 4.60. The van der Waals surface area contributed by atoms with Gasteiger partial charge in [0, 0.05) is 0 Å². The van der Waals surface area contributed by atoms with Crippen molar-refractivity contribution >= 4 is 21.9 Å². The molecule has 0 saturated heterocycles. The summed E-state index contributed by atoms with van der Waals surface area (Å²) in [4.78, 5) is 11.8. The van der Waals surface area contributed by atoms with Crippen LogP contribution in [0.5, 0.6) is 11.5 Å². The van der Waals surface area contributed by atoms with Crippen molar-refractivity contribution in [2.75, 3.05) is 6.61 Å². The largest absolute Gasteiger partial charge is 0.482 e. The van der Waals surface area contributed by atoms with Crippen LogP contribution in [-0.4, -0.2) is 12.6 Å².